The van der Waals surface area contributed by atoms with Crippen LogP contribution in [0.1, 0.15) is 23.4 Å². The SMILES string of the molecule is COCCNC(=O)CN1CCN(C(=O)CCc2c(C)nc3nc(N)nn3c2C)CC1. The number of rotatable bonds is 8. The van der Waals surface area contributed by atoms with Gasteiger partial charge in [0, 0.05) is 57.6 Å². The van der Waals surface area contributed by atoms with Crippen molar-refractivity contribution in [2.45, 2.75) is 26.7 Å². The van der Waals surface area contributed by atoms with Gasteiger partial charge in [0.1, 0.15) is 0 Å². The molecule has 0 spiro atoms. The summed E-state index contributed by atoms with van der Waals surface area (Å²) in [6, 6.07) is 0. The van der Waals surface area contributed by atoms with Crippen molar-refractivity contribution in [2.75, 3.05) is 58.7 Å². The molecule has 0 saturated carbocycles. The van der Waals surface area contributed by atoms with Gasteiger partial charge in [0.05, 0.1) is 13.2 Å². The maximum Gasteiger partial charge on any atom is 0.254 e. The average Bonchev–Trinajstić information content (AvgIpc) is 3.08. The van der Waals surface area contributed by atoms with E-state index in [-0.39, 0.29) is 17.8 Å². The first-order chi connectivity index (χ1) is 14.4. The van der Waals surface area contributed by atoms with Crippen LogP contribution in [0.5, 0.6) is 0 Å². The molecule has 0 atom stereocenters. The zero-order valence-corrected chi connectivity index (χ0v) is 17.8. The lowest BCUT2D eigenvalue weighted by molar-refractivity contribution is -0.133. The zero-order valence-electron chi connectivity index (χ0n) is 17.8. The maximum atomic E-state index is 12.7. The highest BCUT2D eigenvalue weighted by molar-refractivity contribution is 5.78. The number of carbonyl (C=O) groups excluding carboxylic acids is 2. The summed E-state index contributed by atoms with van der Waals surface area (Å²) in [6.07, 6.45) is 0.984. The first-order valence-corrected chi connectivity index (χ1v) is 10.1. The van der Waals surface area contributed by atoms with Gasteiger partial charge in [-0.05, 0) is 25.8 Å². The lowest BCUT2D eigenvalue weighted by atomic mass is 10.1. The molecule has 0 radical (unpaired) electrons. The molecule has 3 rings (SSSR count). The fourth-order valence-electron chi connectivity index (χ4n) is 3.68. The molecule has 30 heavy (non-hydrogen) atoms. The highest BCUT2D eigenvalue weighted by Gasteiger charge is 2.23. The van der Waals surface area contributed by atoms with E-state index in [0.717, 1.165) is 17.0 Å². The van der Waals surface area contributed by atoms with Crippen LogP contribution in [0.4, 0.5) is 5.95 Å². The van der Waals surface area contributed by atoms with E-state index in [1.54, 1.807) is 11.6 Å². The van der Waals surface area contributed by atoms with Crippen molar-refractivity contribution in [3.63, 3.8) is 0 Å². The van der Waals surface area contributed by atoms with Crippen LogP contribution < -0.4 is 11.1 Å². The predicted octanol–water partition coefficient (Wildman–Crippen LogP) is -0.837. The van der Waals surface area contributed by atoms with Crippen molar-refractivity contribution in [3.8, 4) is 0 Å². The fraction of sp³-hybridized carbons (Fsp3) is 0.632. The normalized spacial score (nSPS) is 15.0. The van der Waals surface area contributed by atoms with Crippen LogP contribution in [-0.2, 0) is 20.7 Å². The Kier molecular flexibility index (Phi) is 7.16. The molecule has 0 bridgehead atoms. The van der Waals surface area contributed by atoms with E-state index in [1.807, 2.05) is 18.7 Å². The molecule has 2 aromatic heterocycles. The molecule has 0 aromatic carbocycles. The topological polar surface area (TPSA) is 131 Å². The molecule has 1 saturated heterocycles. The minimum atomic E-state index is -0.0191. The van der Waals surface area contributed by atoms with Gasteiger partial charge in [-0.2, -0.15) is 9.50 Å². The number of amides is 2. The second kappa shape index (κ2) is 9.81. The number of nitrogens with zero attached hydrogens (tertiary/aromatic N) is 6. The summed E-state index contributed by atoms with van der Waals surface area (Å²) in [6.45, 7) is 7.82. The van der Waals surface area contributed by atoms with Crippen LogP contribution in [-0.4, -0.2) is 94.2 Å². The first kappa shape index (κ1) is 21.9. The summed E-state index contributed by atoms with van der Waals surface area (Å²) in [4.78, 5) is 37.1. The average molecular weight is 419 g/mol. The van der Waals surface area contributed by atoms with E-state index in [0.29, 0.717) is 64.5 Å². The van der Waals surface area contributed by atoms with Crippen LogP contribution in [0, 0.1) is 13.8 Å². The summed E-state index contributed by atoms with van der Waals surface area (Å²) in [5, 5.41) is 6.98. The summed E-state index contributed by atoms with van der Waals surface area (Å²) >= 11 is 0. The molecular weight excluding hydrogens is 388 g/mol. The van der Waals surface area contributed by atoms with Crippen LogP contribution in [0.25, 0.3) is 5.78 Å². The Hall–Kier alpha value is -2.79. The largest absolute Gasteiger partial charge is 0.383 e. The number of aryl methyl sites for hydroxylation is 2. The number of nitrogens with one attached hydrogen (secondary N) is 1. The lowest BCUT2D eigenvalue weighted by Gasteiger charge is -2.34. The molecule has 2 aromatic rings. The van der Waals surface area contributed by atoms with Gasteiger partial charge in [0.2, 0.25) is 17.8 Å². The second-order valence-corrected chi connectivity index (χ2v) is 7.44. The van der Waals surface area contributed by atoms with Crippen molar-refractivity contribution in [1.82, 2.24) is 34.7 Å². The number of fused-ring (bicyclic) bond motifs is 1. The molecule has 1 fully saturated rings. The van der Waals surface area contributed by atoms with Gasteiger partial charge in [0.25, 0.3) is 5.78 Å². The molecule has 3 N–H and O–H groups in total. The Bertz CT molecular complexity index is 905. The molecular formula is C19H30N8O3. The third-order valence-corrected chi connectivity index (χ3v) is 5.37. The molecule has 11 nitrogen and oxygen atoms in total. The van der Waals surface area contributed by atoms with Gasteiger partial charge < -0.3 is 20.7 Å². The van der Waals surface area contributed by atoms with Crippen molar-refractivity contribution in [2.24, 2.45) is 0 Å². The lowest BCUT2D eigenvalue weighted by Crippen LogP contribution is -2.51. The van der Waals surface area contributed by atoms with Gasteiger partial charge >= 0.3 is 0 Å². The Balaban J connectivity index is 1.49. The van der Waals surface area contributed by atoms with Crippen LogP contribution in [0.15, 0.2) is 0 Å². The van der Waals surface area contributed by atoms with Gasteiger partial charge in [-0.1, -0.05) is 0 Å². The number of nitrogen functional groups attached to an aromatic ring is 1. The fourth-order valence-corrected chi connectivity index (χ4v) is 3.68. The molecule has 1 aliphatic heterocycles. The molecule has 11 heteroatoms. The highest BCUT2D eigenvalue weighted by atomic mass is 16.5. The summed E-state index contributed by atoms with van der Waals surface area (Å²) in [5.74, 6) is 0.744. The number of hydrogen-bond donors (Lipinski definition) is 2. The summed E-state index contributed by atoms with van der Waals surface area (Å²) in [5.41, 5.74) is 8.40. The van der Waals surface area contributed by atoms with E-state index < -0.39 is 0 Å². The minimum Gasteiger partial charge on any atom is -0.383 e. The number of methoxy groups -OCH3 is 1. The molecule has 2 amide bonds. The van der Waals surface area contributed by atoms with Crippen molar-refractivity contribution in [1.29, 1.82) is 0 Å². The number of anilines is 1. The smallest absolute Gasteiger partial charge is 0.254 e. The van der Waals surface area contributed by atoms with Crippen molar-refractivity contribution in [3.05, 3.63) is 17.0 Å². The molecule has 164 valence electrons. The highest BCUT2D eigenvalue weighted by Crippen LogP contribution is 2.17. The monoisotopic (exact) mass is 418 g/mol. The van der Waals surface area contributed by atoms with Crippen LogP contribution >= 0.6 is 0 Å². The molecule has 3 heterocycles. The number of piperazine rings is 1. The Morgan fingerprint density at radius 2 is 1.90 bits per heavy atom. The van der Waals surface area contributed by atoms with Gasteiger partial charge in [-0.3, -0.25) is 14.5 Å². The summed E-state index contributed by atoms with van der Waals surface area (Å²) in [7, 11) is 1.60. The zero-order chi connectivity index (χ0) is 21.7. The Morgan fingerprint density at radius 1 is 1.17 bits per heavy atom. The Labute approximate surface area is 175 Å². The minimum absolute atomic E-state index is 0.0191. The predicted molar refractivity (Wildman–Crippen MR) is 111 cm³/mol. The third kappa shape index (κ3) is 5.22. The van der Waals surface area contributed by atoms with E-state index in [2.05, 4.69) is 25.3 Å². The molecule has 1 aliphatic rings. The number of nitrogens with two attached hydrogens (primary N) is 1. The van der Waals surface area contributed by atoms with Crippen molar-refractivity contribution >= 4 is 23.5 Å². The second-order valence-electron chi connectivity index (χ2n) is 7.44. The quantitative estimate of drug-likeness (QED) is 0.531. The van der Waals surface area contributed by atoms with Gasteiger partial charge in [-0.25, -0.2) is 4.98 Å². The van der Waals surface area contributed by atoms with Gasteiger partial charge in [-0.15, -0.1) is 5.10 Å². The van der Waals surface area contributed by atoms with Crippen LogP contribution in [0.2, 0.25) is 0 Å². The van der Waals surface area contributed by atoms with E-state index in [9.17, 15) is 9.59 Å². The third-order valence-electron chi connectivity index (χ3n) is 5.37. The molecule has 0 unspecified atom stereocenters. The molecule has 0 aliphatic carbocycles. The number of hydrogen-bond acceptors (Lipinski definition) is 8. The number of carbonyl (C=O) groups is 2. The standard InChI is InChI=1S/C19H30N8O3/c1-13-15(14(2)27-19(22-13)23-18(20)24-27)4-5-17(29)26-9-7-25(8-10-26)12-16(28)21-6-11-30-3/h4-12H2,1-3H3,(H2,20,24)(H,21,28). The van der Waals surface area contributed by atoms with E-state index in [1.165, 1.54) is 0 Å². The van der Waals surface area contributed by atoms with Gasteiger partial charge in [0.15, 0.2) is 0 Å². The number of aromatic nitrogens is 4. The summed E-state index contributed by atoms with van der Waals surface area (Å²) < 4.78 is 6.55. The first-order valence-electron chi connectivity index (χ1n) is 10.1. The van der Waals surface area contributed by atoms with E-state index >= 15 is 0 Å². The van der Waals surface area contributed by atoms with Crippen LogP contribution in [0.3, 0.4) is 0 Å². The van der Waals surface area contributed by atoms with Crippen molar-refractivity contribution < 1.29 is 14.3 Å². The maximum absolute atomic E-state index is 12.7. The Morgan fingerprint density at radius 3 is 2.60 bits per heavy atom. The number of ether oxygens (including phenoxy) is 1. The van der Waals surface area contributed by atoms with E-state index in [4.69, 9.17) is 10.5 Å².